The van der Waals surface area contributed by atoms with Crippen molar-refractivity contribution < 1.29 is 4.92 Å². The largest absolute Gasteiger partial charge is 0.380 e. The molecular formula is C14H13BrN4O2. The number of nitrogens with one attached hydrogen (secondary N) is 1. The lowest BCUT2D eigenvalue weighted by molar-refractivity contribution is -0.385. The molecule has 6 nitrogen and oxygen atoms in total. The molecule has 108 valence electrons. The Labute approximate surface area is 130 Å². The molecule has 0 bridgehead atoms. The van der Waals surface area contributed by atoms with Crippen LogP contribution in [0.2, 0.25) is 0 Å². The van der Waals surface area contributed by atoms with Crippen LogP contribution in [0.25, 0.3) is 0 Å². The standard InChI is InChI=1S/C14H13BrN4O2/c1-9-3-12(15)13(5-14(9)19(20)21)17-7-10-4-11(6-16)18(2)8-10/h3-5,8,17H,7H2,1-2H3. The van der Waals surface area contributed by atoms with Crippen molar-refractivity contribution in [3.63, 3.8) is 0 Å². The molecule has 0 fully saturated rings. The molecule has 0 radical (unpaired) electrons. The SMILES string of the molecule is Cc1cc(Br)c(NCc2cc(C#N)n(C)c2)cc1[N+](=O)[O-]. The van der Waals surface area contributed by atoms with E-state index in [0.717, 1.165) is 10.0 Å². The summed E-state index contributed by atoms with van der Waals surface area (Å²) in [6.07, 6.45) is 1.85. The van der Waals surface area contributed by atoms with E-state index in [2.05, 4.69) is 27.3 Å². The second-order valence-corrected chi connectivity index (χ2v) is 5.54. The van der Waals surface area contributed by atoms with Gasteiger partial charge in [-0.3, -0.25) is 10.1 Å². The van der Waals surface area contributed by atoms with Gasteiger partial charge >= 0.3 is 0 Å². The van der Waals surface area contributed by atoms with E-state index in [1.807, 2.05) is 6.20 Å². The Hall–Kier alpha value is -2.33. The van der Waals surface area contributed by atoms with Crippen LogP contribution in [0.5, 0.6) is 0 Å². The highest BCUT2D eigenvalue weighted by molar-refractivity contribution is 9.10. The third-order valence-corrected chi connectivity index (χ3v) is 3.80. The Morgan fingerprint density at radius 1 is 1.48 bits per heavy atom. The van der Waals surface area contributed by atoms with Crippen molar-refractivity contribution in [1.82, 2.24) is 4.57 Å². The van der Waals surface area contributed by atoms with Gasteiger partial charge in [-0.05, 0) is 40.5 Å². The summed E-state index contributed by atoms with van der Waals surface area (Å²) in [6.45, 7) is 2.18. The van der Waals surface area contributed by atoms with Crippen molar-refractivity contribution in [1.29, 1.82) is 5.26 Å². The average Bonchev–Trinajstić information content (AvgIpc) is 2.77. The highest BCUT2D eigenvalue weighted by Gasteiger charge is 2.14. The third-order valence-electron chi connectivity index (χ3n) is 3.14. The van der Waals surface area contributed by atoms with Gasteiger partial charge in [0.15, 0.2) is 0 Å². The van der Waals surface area contributed by atoms with Gasteiger partial charge in [-0.25, -0.2) is 0 Å². The fourth-order valence-corrected chi connectivity index (χ4v) is 2.63. The number of nitro groups is 1. The van der Waals surface area contributed by atoms with Gasteiger partial charge in [0.1, 0.15) is 11.8 Å². The number of hydrogen-bond donors (Lipinski definition) is 1. The number of rotatable bonds is 4. The second kappa shape index (κ2) is 5.97. The molecular weight excluding hydrogens is 336 g/mol. The summed E-state index contributed by atoms with van der Waals surface area (Å²) < 4.78 is 2.51. The number of benzene rings is 1. The van der Waals surface area contributed by atoms with Crippen molar-refractivity contribution in [3.8, 4) is 6.07 Å². The number of nitriles is 1. The molecule has 0 saturated heterocycles. The summed E-state index contributed by atoms with van der Waals surface area (Å²) in [5.74, 6) is 0. The maximum absolute atomic E-state index is 11.0. The molecule has 1 N–H and O–H groups in total. The maximum Gasteiger partial charge on any atom is 0.274 e. The highest BCUT2D eigenvalue weighted by Crippen LogP contribution is 2.31. The molecule has 2 rings (SSSR count). The summed E-state index contributed by atoms with van der Waals surface area (Å²) in [5, 5.41) is 23.0. The quantitative estimate of drug-likeness (QED) is 0.676. The zero-order valence-electron chi connectivity index (χ0n) is 11.6. The molecule has 1 heterocycles. The van der Waals surface area contributed by atoms with Crippen LogP contribution in [0.1, 0.15) is 16.8 Å². The Kier molecular flexibility index (Phi) is 4.29. The summed E-state index contributed by atoms with van der Waals surface area (Å²) in [4.78, 5) is 10.6. The number of aromatic nitrogens is 1. The van der Waals surface area contributed by atoms with Gasteiger partial charge in [0.25, 0.3) is 5.69 Å². The first-order chi connectivity index (χ1) is 9.92. The average molecular weight is 349 g/mol. The zero-order valence-corrected chi connectivity index (χ0v) is 13.1. The van der Waals surface area contributed by atoms with Gasteiger partial charge in [0.2, 0.25) is 0 Å². The monoisotopic (exact) mass is 348 g/mol. The van der Waals surface area contributed by atoms with Crippen LogP contribution >= 0.6 is 15.9 Å². The lowest BCUT2D eigenvalue weighted by Gasteiger charge is -2.09. The molecule has 0 atom stereocenters. The number of hydrogen-bond acceptors (Lipinski definition) is 4. The Morgan fingerprint density at radius 3 is 2.76 bits per heavy atom. The Bertz CT molecular complexity index is 746. The van der Waals surface area contributed by atoms with E-state index in [4.69, 9.17) is 5.26 Å². The van der Waals surface area contributed by atoms with Crippen molar-refractivity contribution >= 4 is 27.3 Å². The summed E-state index contributed by atoms with van der Waals surface area (Å²) in [6, 6.07) is 7.10. The minimum atomic E-state index is -0.400. The van der Waals surface area contributed by atoms with Gasteiger partial charge in [-0.2, -0.15) is 5.26 Å². The highest BCUT2D eigenvalue weighted by atomic mass is 79.9. The molecule has 1 aromatic carbocycles. The molecule has 0 unspecified atom stereocenters. The van der Waals surface area contributed by atoms with Crippen LogP contribution < -0.4 is 5.32 Å². The van der Waals surface area contributed by atoms with Crippen LogP contribution in [-0.4, -0.2) is 9.49 Å². The summed E-state index contributed by atoms with van der Waals surface area (Å²) >= 11 is 3.39. The van der Waals surface area contributed by atoms with Gasteiger partial charge in [-0.1, -0.05) is 0 Å². The van der Waals surface area contributed by atoms with Crippen molar-refractivity contribution in [2.45, 2.75) is 13.5 Å². The van der Waals surface area contributed by atoms with E-state index in [1.165, 1.54) is 6.07 Å². The minimum absolute atomic E-state index is 0.0754. The summed E-state index contributed by atoms with van der Waals surface area (Å²) in [7, 11) is 1.80. The molecule has 7 heteroatoms. The van der Waals surface area contributed by atoms with Gasteiger partial charge in [0, 0.05) is 35.9 Å². The first kappa shape index (κ1) is 15.1. The fraction of sp³-hybridized carbons (Fsp3) is 0.214. The first-order valence-electron chi connectivity index (χ1n) is 6.16. The molecule has 0 aliphatic carbocycles. The number of nitro benzene ring substituents is 1. The molecule has 21 heavy (non-hydrogen) atoms. The fourth-order valence-electron chi connectivity index (χ4n) is 2.03. The van der Waals surface area contributed by atoms with Crippen LogP contribution in [0, 0.1) is 28.4 Å². The zero-order chi connectivity index (χ0) is 15.6. The van der Waals surface area contributed by atoms with Crippen molar-refractivity contribution in [3.05, 3.63) is 55.8 Å². The molecule has 0 aliphatic rings. The smallest absolute Gasteiger partial charge is 0.274 e. The van der Waals surface area contributed by atoms with Crippen molar-refractivity contribution in [2.24, 2.45) is 7.05 Å². The van der Waals surface area contributed by atoms with E-state index >= 15 is 0 Å². The molecule has 0 spiro atoms. The van der Waals surface area contributed by atoms with E-state index < -0.39 is 4.92 Å². The number of aryl methyl sites for hydroxylation is 2. The van der Waals surface area contributed by atoms with E-state index in [1.54, 1.807) is 30.7 Å². The van der Waals surface area contributed by atoms with Gasteiger partial charge < -0.3 is 9.88 Å². The predicted molar refractivity (Wildman–Crippen MR) is 83.0 cm³/mol. The number of nitrogens with zero attached hydrogens (tertiary/aromatic N) is 3. The third kappa shape index (κ3) is 3.23. The van der Waals surface area contributed by atoms with Gasteiger partial charge in [-0.15, -0.1) is 0 Å². The van der Waals surface area contributed by atoms with E-state index in [9.17, 15) is 10.1 Å². The first-order valence-corrected chi connectivity index (χ1v) is 6.95. The van der Waals surface area contributed by atoms with Crippen LogP contribution in [0.3, 0.4) is 0 Å². The van der Waals surface area contributed by atoms with E-state index in [0.29, 0.717) is 23.5 Å². The predicted octanol–water partition coefficient (Wildman–Crippen LogP) is 3.49. The van der Waals surface area contributed by atoms with Crippen LogP contribution in [-0.2, 0) is 13.6 Å². The molecule has 2 aromatic rings. The van der Waals surface area contributed by atoms with Crippen molar-refractivity contribution in [2.75, 3.05) is 5.32 Å². The van der Waals surface area contributed by atoms with Gasteiger partial charge in [0.05, 0.1) is 10.6 Å². The minimum Gasteiger partial charge on any atom is -0.380 e. The Morgan fingerprint density at radius 2 is 2.19 bits per heavy atom. The van der Waals surface area contributed by atoms with E-state index in [-0.39, 0.29) is 5.69 Å². The second-order valence-electron chi connectivity index (χ2n) is 4.69. The Balaban J connectivity index is 2.21. The normalized spacial score (nSPS) is 10.2. The number of anilines is 1. The molecule has 0 aliphatic heterocycles. The topological polar surface area (TPSA) is 83.9 Å². The molecule has 0 saturated carbocycles. The molecule has 1 aromatic heterocycles. The molecule has 0 amide bonds. The van der Waals surface area contributed by atoms with Crippen LogP contribution in [0.4, 0.5) is 11.4 Å². The maximum atomic E-state index is 11.0. The summed E-state index contributed by atoms with van der Waals surface area (Å²) in [5.41, 5.74) is 2.83. The van der Waals surface area contributed by atoms with Crippen LogP contribution in [0.15, 0.2) is 28.9 Å². The lowest BCUT2D eigenvalue weighted by atomic mass is 10.2. The lowest BCUT2D eigenvalue weighted by Crippen LogP contribution is -2.01. The number of halogens is 1.